The monoisotopic (exact) mass is 269 g/mol. The molecule has 104 valence electrons. The summed E-state index contributed by atoms with van der Waals surface area (Å²) in [5, 5.41) is 12.3. The highest BCUT2D eigenvalue weighted by molar-refractivity contribution is 5.70. The second kappa shape index (κ2) is 6.87. The molecule has 0 aliphatic rings. The molecule has 2 rings (SSSR count). The van der Waals surface area contributed by atoms with Gasteiger partial charge in [0.05, 0.1) is 6.42 Å². The maximum absolute atomic E-state index is 10.8. The molecule has 2 aromatic carbocycles. The van der Waals surface area contributed by atoms with Crippen molar-refractivity contribution in [1.82, 2.24) is 5.32 Å². The van der Waals surface area contributed by atoms with E-state index in [1.165, 1.54) is 11.1 Å². The smallest absolute Gasteiger partial charge is 0.307 e. The fourth-order valence-electron chi connectivity index (χ4n) is 2.23. The standard InChI is InChI=1S/C17H19NO2/c1-13-5-4-6-14(9-13)11-18-12-16-8-3-2-7-15(16)10-17(19)20/h2-9,18H,10-12H2,1H3,(H,19,20). The van der Waals surface area contributed by atoms with E-state index in [1.54, 1.807) is 0 Å². The van der Waals surface area contributed by atoms with E-state index >= 15 is 0 Å². The number of nitrogens with one attached hydrogen (secondary N) is 1. The molecule has 3 nitrogen and oxygen atoms in total. The van der Waals surface area contributed by atoms with Crippen LogP contribution in [-0.4, -0.2) is 11.1 Å². The molecule has 0 amide bonds. The quantitative estimate of drug-likeness (QED) is 0.847. The van der Waals surface area contributed by atoms with Crippen molar-refractivity contribution >= 4 is 5.97 Å². The van der Waals surface area contributed by atoms with Crippen LogP contribution in [0, 0.1) is 6.92 Å². The van der Waals surface area contributed by atoms with Gasteiger partial charge in [0.25, 0.3) is 0 Å². The second-order valence-electron chi connectivity index (χ2n) is 4.93. The van der Waals surface area contributed by atoms with Crippen molar-refractivity contribution in [3.8, 4) is 0 Å². The zero-order valence-corrected chi connectivity index (χ0v) is 11.6. The van der Waals surface area contributed by atoms with Gasteiger partial charge in [-0.2, -0.15) is 0 Å². The number of benzene rings is 2. The number of carboxylic acids is 1. The highest BCUT2D eigenvalue weighted by atomic mass is 16.4. The second-order valence-corrected chi connectivity index (χ2v) is 4.93. The Kier molecular flexibility index (Phi) is 4.91. The number of rotatable bonds is 6. The number of aliphatic carboxylic acids is 1. The van der Waals surface area contributed by atoms with Crippen LogP contribution in [-0.2, 0) is 24.3 Å². The van der Waals surface area contributed by atoms with Crippen molar-refractivity contribution in [2.45, 2.75) is 26.4 Å². The van der Waals surface area contributed by atoms with Gasteiger partial charge in [-0.25, -0.2) is 0 Å². The largest absolute Gasteiger partial charge is 0.481 e. The van der Waals surface area contributed by atoms with Crippen LogP contribution in [0.25, 0.3) is 0 Å². The van der Waals surface area contributed by atoms with Crippen LogP contribution in [0.2, 0.25) is 0 Å². The molecular formula is C17H19NO2. The first kappa shape index (κ1) is 14.3. The van der Waals surface area contributed by atoms with E-state index in [2.05, 4.69) is 30.4 Å². The predicted molar refractivity (Wildman–Crippen MR) is 79.5 cm³/mol. The lowest BCUT2D eigenvalue weighted by molar-refractivity contribution is -0.136. The van der Waals surface area contributed by atoms with Gasteiger partial charge in [0, 0.05) is 13.1 Å². The molecule has 20 heavy (non-hydrogen) atoms. The molecule has 2 N–H and O–H groups in total. The lowest BCUT2D eigenvalue weighted by Crippen LogP contribution is -2.15. The first-order chi connectivity index (χ1) is 9.65. The van der Waals surface area contributed by atoms with Crippen molar-refractivity contribution in [1.29, 1.82) is 0 Å². The Balaban J connectivity index is 1.95. The van der Waals surface area contributed by atoms with Gasteiger partial charge >= 0.3 is 5.97 Å². The molecule has 0 atom stereocenters. The van der Waals surface area contributed by atoms with Crippen LogP contribution in [0.3, 0.4) is 0 Å². The summed E-state index contributed by atoms with van der Waals surface area (Å²) in [5.41, 5.74) is 4.40. The summed E-state index contributed by atoms with van der Waals surface area (Å²) in [6, 6.07) is 16.0. The first-order valence-corrected chi connectivity index (χ1v) is 6.70. The maximum atomic E-state index is 10.8. The van der Waals surface area contributed by atoms with Crippen LogP contribution >= 0.6 is 0 Å². The minimum absolute atomic E-state index is 0.0717. The molecule has 0 spiro atoms. The number of hydrogen-bond donors (Lipinski definition) is 2. The number of carboxylic acid groups (broad SMARTS) is 1. The Hall–Kier alpha value is -2.13. The Morgan fingerprint density at radius 1 is 1.05 bits per heavy atom. The summed E-state index contributed by atoms with van der Waals surface area (Å²) in [4.78, 5) is 10.8. The summed E-state index contributed by atoms with van der Waals surface area (Å²) in [7, 11) is 0. The van der Waals surface area contributed by atoms with E-state index in [4.69, 9.17) is 5.11 Å². The molecule has 0 aliphatic carbocycles. The number of aryl methyl sites for hydroxylation is 1. The van der Waals surface area contributed by atoms with Crippen molar-refractivity contribution in [3.05, 3.63) is 70.8 Å². The highest BCUT2D eigenvalue weighted by Gasteiger charge is 2.05. The summed E-state index contributed by atoms with van der Waals surface area (Å²) in [6.07, 6.45) is 0.0717. The van der Waals surface area contributed by atoms with Gasteiger partial charge in [-0.3, -0.25) is 4.79 Å². The van der Waals surface area contributed by atoms with Gasteiger partial charge in [-0.05, 0) is 23.6 Å². The minimum atomic E-state index is -0.795. The summed E-state index contributed by atoms with van der Waals surface area (Å²) < 4.78 is 0. The molecule has 0 fully saturated rings. The Morgan fingerprint density at radius 2 is 1.80 bits per heavy atom. The lowest BCUT2D eigenvalue weighted by Gasteiger charge is -2.09. The van der Waals surface area contributed by atoms with Gasteiger partial charge in [-0.15, -0.1) is 0 Å². The van der Waals surface area contributed by atoms with E-state index in [0.717, 1.165) is 17.7 Å². The van der Waals surface area contributed by atoms with Crippen LogP contribution in [0.1, 0.15) is 22.3 Å². The minimum Gasteiger partial charge on any atom is -0.481 e. The van der Waals surface area contributed by atoms with Gasteiger partial charge in [-0.1, -0.05) is 54.1 Å². The fourth-order valence-corrected chi connectivity index (χ4v) is 2.23. The molecule has 0 unspecified atom stereocenters. The Labute approximate surface area is 119 Å². The molecule has 0 heterocycles. The average molecular weight is 269 g/mol. The SMILES string of the molecule is Cc1cccc(CNCc2ccccc2CC(=O)O)c1. The molecule has 0 aromatic heterocycles. The zero-order chi connectivity index (χ0) is 14.4. The molecule has 0 aliphatic heterocycles. The van der Waals surface area contributed by atoms with E-state index in [9.17, 15) is 4.79 Å². The summed E-state index contributed by atoms with van der Waals surface area (Å²) >= 11 is 0. The van der Waals surface area contributed by atoms with Gasteiger partial charge in [0.2, 0.25) is 0 Å². The third kappa shape index (κ3) is 4.21. The maximum Gasteiger partial charge on any atom is 0.307 e. The molecule has 2 aromatic rings. The van der Waals surface area contributed by atoms with Crippen LogP contribution < -0.4 is 5.32 Å². The van der Waals surface area contributed by atoms with Crippen molar-refractivity contribution in [2.24, 2.45) is 0 Å². The van der Waals surface area contributed by atoms with Crippen LogP contribution in [0.4, 0.5) is 0 Å². The van der Waals surface area contributed by atoms with Crippen molar-refractivity contribution < 1.29 is 9.90 Å². The normalized spacial score (nSPS) is 10.4. The molecular weight excluding hydrogens is 250 g/mol. The first-order valence-electron chi connectivity index (χ1n) is 6.70. The van der Waals surface area contributed by atoms with Gasteiger partial charge < -0.3 is 10.4 Å². The molecule has 0 bridgehead atoms. The number of carbonyl (C=O) groups is 1. The van der Waals surface area contributed by atoms with Gasteiger partial charge in [0.1, 0.15) is 0 Å². The van der Waals surface area contributed by atoms with E-state index in [-0.39, 0.29) is 6.42 Å². The molecule has 0 saturated heterocycles. The predicted octanol–water partition coefficient (Wildman–Crippen LogP) is 2.91. The van der Waals surface area contributed by atoms with E-state index in [0.29, 0.717) is 6.54 Å². The Morgan fingerprint density at radius 3 is 2.50 bits per heavy atom. The lowest BCUT2D eigenvalue weighted by atomic mass is 10.0. The molecule has 3 heteroatoms. The van der Waals surface area contributed by atoms with Gasteiger partial charge in [0.15, 0.2) is 0 Å². The van der Waals surface area contributed by atoms with Crippen molar-refractivity contribution in [2.75, 3.05) is 0 Å². The summed E-state index contributed by atoms with van der Waals surface area (Å²) in [5.74, 6) is -0.795. The third-order valence-corrected chi connectivity index (χ3v) is 3.19. The number of hydrogen-bond acceptors (Lipinski definition) is 2. The molecule has 0 radical (unpaired) electrons. The molecule has 0 saturated carbocycles. The highest BCUT2D eigenvalue weighted by Crippen LogP contribution is 2.10. The van der Waals surface area contributed by atoms with Crippen LogP contribution in [0.5, 0.6) is 0 Å². The topological polar surface area (TPSA) is 49.3 Å². The van der Waals surface area contributed by atoms with Crippen LogP contribution in [0.15, 0.2) is 48.5 Å². The zero-order valence-electron chi connectivity index (χ0n) is 11.6. The average Bonchev–Trinajstić information content (AvgIpc) is 2.40. The van der Waals surface area contributed by atoms with E-state index in [1.807, 2.05) is 30.3 Å². The van der Waals surface area contributed by atoms with E-state index < -0.39 is 5.97 Å². The van der Waals surface area contributed by atoms with Crippen molar-refractivity contribution in [3.63, 3.8) is 0 Å². The summed E-state index contributed by atoms with van der Waals surface area (Å²) in [6.45, 7) is 3.53. The Bertz CT molecular complexity index is 593. The fraction of sp³-hybridized carbons (Fsp3) is 0.235. The third-order valence-electron chi connectivity index (χ3n) is 3.19.